The van der Waals surface area contributed by atoms with Crippen molar-refractivity contribution in [2.24, 2.45) is 0 Å². The predicted molar refractivity (Wildman–Crippen MR) is 128 cm³/mol. The fourth-order valence-electron chi connectivity index (χ4n) is 5.04. The number of hydrogen-bond donors (Lipinski definition) is 0. The molecule has 8 heteroatoms. The fraction of sp³-hybridized carbons (Fsp3) is 0.400. The lowest BCUT2D eigenvalue weighted by Crippen LogP contribution is -2.52. The second-order valence-electron chi connectivity index (χ2n) is 8.83. The van der Waals surface area contributed by atoms with Crippen molar-refractivity contribution in [2.75, 3.05) is 26.2 Å². The number of hydrogen-bond acceptors (Lipinski definition) is 7. The Labute approximate surface area is 196 Å². The van der Waals surface area contributed by atoms with Gasteiger partial charge in [-0.25, -0.2) is 4.98 Å². The van der Waals surface area contributed by atoms with Crippen molar-refractivity contribution in [3.63, 3.8) is 0 Å². The minimum atomic E-state index is 0.0444. The minimum absolute atomic E-state index is 0.0444. The fourth-order valence-corrected chi connectivity index (χ4v) is 5.83. The SMILES string of the molecule is O=C(c1coc2cc(Oc3nc4ncccc4s3)ccc12)N1CCN(C2CCCCC2)CC1. The summed E-state index contributed by atoms with van der Waals surface area (Å²) in [7, 11) is 0. The summed E-state index contributed by atoms with van der Waals surface area (Å²) in [6.45, 7) is 3.46. The van der Waals surface area contributed by atoms with Gasteiger partial charge in [-0.15, -0.1) is 0 Å². The molecular weight excluding hydrogens is 436 g/mol. The van der Waals surface area contributed by atoms with Crippen molar-refractivity contribution >= 4 is 38.6 Å². The maximum absolute atomic E-state index is 13.2. The van der Waals surface area contributed by atoms with E-state index in [4.69, 9.17) is 9.15 Å². The zero-order valence-corrected chi connectivity index (χ0v) is 19.2. The predicted octanol–water partition coefficient (Wildman–Crippen LogP) is 5.32. The van der Waals surface area contributed by atoms with Crippen molar-refractivity contribution in [1.29, 1.82) is 0 Å². The molecule has 1 aliphatic heterocycles. The molecular formula is C25H26N4O3S. The van der Waals surface area contributed by atoms with Crippen molar-refractivity contribution < 1.29 is 13.9 Å². The van der Waals surface area contributed by atoms with E-state index in [9.17, 15) is 4.79 Å². The van der Waals surface area contributed by atoms with Gasteiger partial charge in [0, 0.05) is 49.9 Å². The van der Waals surface area contributed by atoms with Crippen LogP contribution in [-0.2, 0) is 0 Å². The highest BCUT2D eigenvalue weighted by molar-refractivity contribution is 7.20. The first-order valence-electron chi connectivity index (χ1n) is 11.7. The van der Waals surface area contributed by atoms with Gasteiger partial charge in [0.25, 0.3) is 11.1 Å². The number of aromatic nitrogens is 2. The molecule has 3 aromatic heterocycles. The lowest BCUT2D eigenvalue weighted by atomic mass is 9.94. The lowest BCUT2D eigenvalue weighted by molar-refractivity contribution is 0.0524. The van der Waals surface area contributed by atoms with Crippen LogP contribution >= 0.6 is 11.3 Å². The lowest BCUT2D eigenvalue weighted by Gasteiger charge is -2.40. The summed E-state index contributed by atoms with van der Waals surface area (Å²) in [6, 6.07) is 10.1. The topological polar surface area (TPSA) is 71.7 Å². The summed E-state index contributed by atoms with van der Waals surface area (Å²) in [5.74, 6) is 0.666. The Morgan fingerprint density at radius 1 is 1.09 bits per heavy atom. The summed E-state index contributed by atoms with van der Waals surface area (Å²) in [6.07, 6.45) is 9.95. The number of fused-ring (bicyclic) bond motifs is 2. The number of carbonyl (C=O) groups excluding carboxylic acids is 1. The highest BCUT2D eigenvalue weighted by Crippen LogP contribution is 2.33. The smallest absolute Gasteiger partial charge is 0.281 e. The molecule has 1 aliphatic carbocycles. The number of thiazole rings is 1. The van der Waals surface area contributed by atoms with Crippen LogP contribution in [0.4, 0.5) is 0 Å². The first kappa shape index (κ1) is 20.6. The van der Waals surface area contributed by atoms with Crippen LogP contribution in [0.2, 0.25) is 0 Å². The van der Waals surface area contributed by atoms with Gasteiger partial charge in [0.2, 0.25) is 0 Å². The van der Waals surface area contributed by atoms with E-state index in [1.807, 2.05) is 35.2 Å². The first-order valence-corrected chi connectivity index (χ1v) is 12.5. The van der Waals surface area contributed by atoms with Crippen LogP contribution < -0.4 is 4.74 Å². The Balaban J connectivity index is 1.15. The minimum Gasteiger partial charge on any atom is -0.463 e. The number of benzene rings is 1. The Bertz CT molecular complexity index is 1250. The first-order chi connectivity index (χ1) is 16.2. The van der Waals surface area contributed by atoms with E-state index in [1.165, 1.54) is 43.4 Å². The molecule has 1 amide bonds. The molecule has 0 bridgehead atoms. The molecule has 0 N–H and O–H groups in total. The van der Waals surface area contributed by atoms with Crippen molar-refractivity contribution in [1.82, 2.24) is 19.8 Å². The normalized spacial score (nSPS) is 18.2. The second kappa shape index (κ2) is 8.76. The van der Waals surface area contributed by atoms with Crippen LogP contribution in [0.3, 0.4) is 0 Å². The number of carbonyl (C=O) groups is 1. The van der Waals surface area contributed by atoms with Gasteiger partial charge in [0.15, 0.2) is 5.65 Å². The molecule has 0 atom stereocenters. The Morgan fingerprint density at radius 3 is 2.76 bits per heavy atom. The van der Waals surface area contributed by atoms with E-state index in [-0.39, 0.29) is 5.91 Å². The average Bonchev–Trinajstić information content (AvgIpc) is 3.47. The number of furan rings is 1. The number of piperazine rings is 1. The van der Waals surface area contributed by atoms with Gasteiger partial charge < -0.3 is 14.1 Å². The molecule has 33 heavy (non-hydrogen) atoms. The third-order valence-electron chi connectivity index (χ3n) is 6.82. The van der Waals surface area contributed by atoms with Crippen molar-refractivity contribution in [3.05, 3.63) is 48.4 Å². The summed E-state index contributed by atoms with van der Waals surface area (Å²) in [5.41, 5.74) is 1.93. The van der Waals surface area contributed by atoms with Crippen LogP contribution in [0.5, 0.6) is 10.9 Å². The van der Waals surface area contributed by atoms with Crippen molar-refractivity contribution in [3.8, 4) is 10.9 Å². The zero-order valence-electron chi connectivity index (χ0n) is 18.4. The number of pyridine rings is 1. The van der Waals surface area contributed by atoms with Crippen LogP contribution in [0.1, 0.15) is 42.5 Å². The molecule has 1 saturated carbocycles. The standard InChI is InChI=1S/C25H26N4O3S/c30-24(29-13-11-28(12-14-29)17-5-2-1-3-6-17)20-16-31-21-15-18(8-9-19(20)21)32-25-27-23-22(33-25)7-4-10-26-23/h4,7-10,15-17H,1-3,5-6,11-14H2. The monoisotopic (exact) mass is 462 g/mol. The molecule has 2 aliphatic rings. The van der Waals surface area contributed by atoms with Gasteiger partial charge in [-0.3, -0.25) is 9.69 Å². The number of nitrogens with zero attached hydrogens (tertiary/aromatic N) is 4. The zero-order chi connectivity index (χ0) is 22.2. The summed E-state index contributed by atoms with van der Waals surface area (Å²) >= 11 is 1.45. The maximum atomic E-state index is 13.2. The van der Waals surface area contributed by atoms with Crippen molar-refractivity contribution in [2.45, 2.75) is 38.1 Å². The van der Waals surface area contributed by atoms with Gasteiger partial charge >= 0.3 is 0 Å². The molecule has 0 spiro atoms. The third kappa shape index (κ3) is 4.09. The van der Waals surface area contributed by atoms with E-state index in [0.717, 1.165) is 36.3 Å². The number of rotatable bonds is 4. The molecule has 6 rings (SSSR count). The maximum Gasteiger partial charge on any atom is 0.281 e. The van der Waals surface area contributed by atoms with Gasteiger partial charge in [0.1, 0.15) is 17.6 Å². The molecule has 4 aromatic rings. The Hall–Kier alpha value is -2.97. The summed E-state index contributed by atoms with van der Waals surface area (Å²) < 4.78 is 12.7. The van der Waals surface area contributed by atoms with E-state index < -0.39 is 0 Å². The van der Waals surface area contributed by atoms with E-state index in [1.54, 1.807) is 12.5 Å². The van der Waals surface area contributed by atoms with Gasteiger partial charge in [0.05, 0.1) is 10.3 Å². The molecule has 7 nitrogen and oxygen atoms in total. The molecule has 2 fully saturated rings. The molecule has 1 saturated heterocycles. The molecule has 1 aromatic carbocycles. The van der Waals surface area contributed by atoms with Crippen LogP contribution in [0.15, 0.2) is 47.2 Å². The van der Waals surface area contributed by atoms with Crippen LogP contribution in [0.25, 0.3) is 21.3 Å². The third-order valence-corrected chi connectivity index (χ3v) is 7.71. The summed E-state index contributed by atoms with van der Waals surface area (Å²) in [4.78, 5) is 26.4. The van der Waals surface area contributed by atoms with Crippen LogP contribution in [-0.4, -0.2) is 57.9 Å². The quantitative estimate of drug-likeness (QED) is 0.409. The largest absolute Gasteiger partial charge is 0.463 e. The number of amides is 1. The highest BCUT2D eigenvalue weighted by atomic mass is 32.1. The van der Waals surface area contributed by atoms with Gasteiger partial charge in [-0.2, -0.15) is 4.98 Å². The molecule has 0 unspecified atom stereocenters. The average molecular weight is 463 g/mol. The molecule has 0 radical (unpaired) electrons. The van der Waals surface area contributed by atoms with E-state index in [0.29, 0.717) is 33.8 Å². The Morgan fingerprint density at radius 2 is 1.94 bits per heavy atom. The van der Waals surface area contributed by atoms with Gasteiger partial charge in [-0.05, 0) is 37.1 Å². The number of ether oxygens (including phenoxy) is 1. The molecule has 4 heterocycles. The highest BCUT2D eigenvalue weighted by Gasteiger charge is 2.28. The summed E-state index contributed by atoms with van der Waals surface area (Å²) in [5, 5.41) is 1.34. The Kier molecular flexibility index (Phi) is 5.47. The molecule has 170 valence electrons. The van der Waals surface area contributed by atoms with E-state index in [2.05, 4.69) is 14.9 Å². The van der Waals surface area contributed by atoms with Crippen LogP contribution in [0, 0.1) is 0 Å². The van der Waals surface area contributed by atoms with E-state index >= 15 is 0 Å². The van der Waals surface area contributed by atoms with Gasteiger partial charge in [-0.1, -0.05) is 30.6 Å². The second-order valence-corrected chi connectivity index (χ2v) is 9.83.